The van der Waals surface area contributed by atoms with Crippen molar-refractivity contribution in [1.82, 2.24) is 5.32 Å². The van der Waals surface area contributed by atoms with Crippen LogP contribution in [0, 0.1) is 0 Å². The summed E-state index contributed by atoms with van der Waals surface area (Å²) in [6.07, 6.45) is 0.0623. The summed E-state index contributed by atoms with van der Waals surface area (Å²) in [6.45, 7) is 1.16. The Morgan fingerprint density at radius 1 is 1.31 bits per heavy atom. The minimum Gasteiger partial charge on any atom is -0.550 e. The fourth-order valence-corrected chi connectivity index (χ4v) is 1.02. The summed E-state index contributed by atoms with van der Waals surface area (Å²) >= 11 is 0. The van der Waals surface area contributed by atoms with Crippen molar-refractivity contribution in [3.63, 3.8) is 0 Å². The first kappa shape index (κ1) is 9.74. The van der Waals surface area contributed by atoms with E-state index in [1.165, 1.54) is 0 Å². The molecule has 70 valence electrons. The van der Waals surface area contributed by atoms with E-state index in [4.69, 9.17) is 0 Å². The van der Waals surface area contributed by atoms with Gasteiger partial charge in [0, 0.05) is 19.1 Å². The summed E-state index contributed by atoms with van der Waals surface area (Å²) in [7, 11) is 0. The number of nitrogens with one attached hydrogen (secondary N) is 1. The van der Waals surface area contributed by atoms with E-state index in [-0.39, 0.29) is 6.42 Å². The second-order valence-corrected chi connectivity index (χ2v) is 2.78. The number of carboxylic acids is 1. The van der Waals surface area contributed by atoms with E-state index in [0.717, 1.165) is 5.56 Å². The number of benzene rings is 1. The molecule has 0 radical (unpaired) electrons. The highest BCUT2D eigenvalue weighted by molar-refractivity contribution is 5.64. The van der Waals surface area contributed by atoms with Gasteiger partial charge >= 0.3 is 0 Å². The van der Waals surface area contributed by atoms with E-state index in [9.17, 15) is 9.90 Å². The van der Waals surface area contributed by atoms with E-state index in [1.807, 2.05) is 30.3 Å². The molecule has 0 saturated carbocycles. The third kappa shape index (κ3) is 4.28. The third-order valence-corrected chi connectivity index (χ3v) is 1.68. The molecular formula is C10H12NO2-. The van der Waals surface area contributed by atoms with E-state index < -0.39 is 5.97 Å². The molecule has 1 aromatic carbocycles. The fraction of sp³-hybridized carbons (Fsp3) is 0.300. The van der Waals surface area contributed by atoms with Crippen molar-refractivity contribution in [2.75, 3.05) is 6.54 Å². The predicted octanol–water partition coefficient (Wildman–Crippen LogP) is -0.0838. The smallest absolute Gasteiger partial charge is 0.0426 e. The van der Waals surface area contributed by atoms with Gasteiger partial charge in [0.1, 0.15) is 0 Å². The molecule has 3 heteroatoms. The molecule has 0 aliphatic rings. The van der Waals surface area contributed by atoms with Crippen molar-refractivity contribution < 1.29 is 9.90 Å². The first-order valence-corrected chi connectivity index (χ1v) is 4.23. The molecule has 0 aromatic heterocycles. The van der Waals surface area contributed by atoms with Crippen LogP contribution in [0.25, 0.3) is 0 Å². The van der Waals surface area contributed by atoms with Gasteiger partial charge in [0.2, 0.25) is 0 Å². The van der Waals surface area contributed by atoms with Crippen molar-refractivity contribution >= 4 is 5.97 Å². The number of hydrogen-bond acceptors (Lipinski definition) is 3. The highest BCUT2D eigenvalue weighted by Crippen LogP contribution is 1.96. The van der Waals surface area contributed by atoms with Crippen molar-refractivity contribution in [2.24, 2.45) is 0 Å². The van der Waals surface area contributed by atoms with E-state index in [1.54, 1.807) is 0 Å². The number of carbonyl (C=O) groups is 1. The Morgan fingerprint density at radius 2 is 2.00 bits per heavy atom. The molecule has 0 heterocycles. The lowest BCUT2D eigenvalue weighted by atomic mass is 10.2. The van der Waals surface area contributed by atoms with Crippen LogP contribution in [0.2, 0.25) is 0 Å². The van der Waals surface area contributed by atoms with Crippen molar-refractivity contribution in [3.05, 3.63) is 35.9 Å². The summed E-state index contributed by atoms with van der Waals surface area (Å²) < 4.78 is 0. The van der Waals surface area contributed by atoms with Gasteiger partial charge in [0.15, 0.2) is 0 Å². The zero-order chi connectivity index (χ0) is 9.52. The Hall–Kier alpha value is -1.35. The fourth-order valence-electron chi connectivity index (χ4n) is 1.02. The maximum absolute atomic E-state index is 10.1. The van der Waals surface area contributed by atoms with Gasteiger partial charge in [-0.3, -0.25) is 0 Å². The molecule has 0 spiro atoms. The van der Waals surface area contributed by atoms with Crippen LogP contribution >= 0.6 is 0 Å². The number of carbonyl (C=O) groups excluding carboxylic acids is 1. The molecule has 0 bridgehead atoms. The van der Waals surface area contributed by atoms with Gasteiger partial charge < -0.3 is 15.2 Å². The SMILES string of the molecule is O=C([O-])CCNCc1ccccc1. The molecule has 1 rings (SSSR count). The Kier molecular flexibility index (Phi) is 3.99. The van der Waals surface area contributed by atoms with Crippen molar-refractivity contribution in [3.8, 4) is 0 Å². The van der Waals surface area contributed by atoms with Gasteiger partial charge in [-0.1, -0.05) is 30.3 Å². The average Bonchev–Trinajstić information content (AvgIpc) is 2.14. The molecule has 0 saturated heterocycles. The summed E-state index contributed by atoms with van der Waals surface area (Å²) in [5.41, 5.74) is 1.15. The zero-order valence-corrected chi connectivity index (χ0v) is 7.32. The van der Waals surface area contributed by atoms with Crippen LogP contribution in [-0.4, -0.2) is 12.5 Å². The molecule has 0 aliphatic carbocycles. The van der Waals surface area contributed by atoms with Crippen LogP contribution in [-0.2, 0) is 11.3 Å². The van der Waals surface area contributed by atoms with Crippen LogP contribution in [0.1, 0.15) is 12.0 Å². The number of hydrogen-bond donors (Lipinski definition) is 1. The van der Waals surface area contributed by atoms with E-state index in [0.29, 0.717) is 13.1 Å². The average molecular weight is 178 g/mol. The second kappa shape index (κ2) is 5.32. The summed E-state index contributed by atoms with van der Waals surface area (Å²) in [5, 5.41) is 13.1. The Morgan fingerprint density at radius 3 is 2.62 bits per heavy atom. The van der Waals surface area contributed by atoms with Crippen LogP contribution in [0.4, 0.5) is 0 Å². The van der Waals surface area contributed by atoms with Gasteiger partial charge in [-0.15, -0.1) is 0 Å². The molecule has 3 nitrogen and oxygen atoms in total. The van der Waals surface area contributed by atoms with Crippen LogP contribution < -0.4 is 10.4 Å². The summed E-state index contributed by atoms with van der Waals surface area (Å²) in [5.74, 6) is -1.01. The third-order valence-electron chi connectivity index (χ3n) is 1.68. The number of rotatable bonds is 5. The maximum atomic E-state index is 10.1. The quantitative estimate of drug-likeness (QED) is 0.641. The zero-order valence-electron chi connectivity index (χ0n) is 7.32. The van der Waals surface area contributed by atoms with Gasteiger partial charge in [-0.25, -0.2) is 0 Å². The highest BCUT2D eigenvalue weighted by Gasteiger charge is 1.90. The highest BCUT2D eigenvalue weighted by atomic mass is 16.4. The topological polar surface area (TPSA) is 52.2 Å². The summed E-state index contributed by atoms with van der Waals surface area (Å²) in [4.78, 5) is 10.1. The van der Waals surface area contributed by atoms with Gasteiger partial charge in [0.25, 0.3) is 0 Å². The summed E-state index contributed by atoms with van der Waals surface area (Å²) in [6, 6.07) is 9.84. The lowest BCUT2D eigenvalue weighted by Crippen LogP contribution is -2.27. The van der Waals surface area contributed by atoms with Crippen molar-refractivity contribution in [1.29, 1.82) is 0 Å². The normalized spacial score (nSPS) is 9.85. The van der Waals surface area contributed by atoms with Crippen molar-refractivity contribution in [2.45, 2.75) is 13.0 Å². The standard InChI is InChI=1S/C10H13NO2/c12-10(13)6-7-11-8-9-4-2-1-3-5-9/h1-5,11H,6-8H2,(H,12,13)/p-1. The Balaban J connectivity index is 2.17. The van der Waals surface area contributed by atoms with E-state index >= 15 is 0 Å². The molecule has 1 N–H and O–H groups in total. The first-order chi connectivity index (χ1) is 6.29. The van der Waals surface area contributed by atoms with Crippen LogP contribution in [0.15, 0.2) is 30.3 Å². The minimum absolute atomic E-state index is 0.0623. The molecule has 13 heavy (non-hydrogen) atoms. The lowest BCUT2D eigenvalue weighted by Gasteiger charge is -2.04. The monoisotopic (exact) mass is 178 g/mol. The largest absolute Gasteiger partial charge is 0.550 e. The lowest BCUT2D eigenvalue weighted by molar-refractivity contribution is -0.305. The molecule has 1 aromatic rings. The Labute approximate surface area is 77.4 Å². The molecule has 0 aliphatic heterocycles. The predicted molar refractivity (Wildman–Crippen MR) is 47.8 cm³/mol. The van der Waals surface area contributed by atoms with Gasteiger partial charge in [0.05, 0.1) is 0 Å². The molecule has 0 unspecified atom stereocenters. The molecule has 0 fully saturated rings. The van der Waals surface area contributed by atoms with Gasteiger partial charge in [-0.2, -0.15) is 0 Å². The number of aliphatic carboxylic acids is 1. The minimum atomic E-state index is -1.01. The Bertz CT molecular complexity index is 259. The van der Waals surface area contributed by atoms with E-state index in [2.05, 4.69) is 5.32 Å². The van der Waals surface area contributed by atoms with Crippen LogP contribution in [0.5, 0.6) is 0 Å². The molecule has 0 amide bonds. The first-order valence-electron chi connectivity index (χ1n) is 4.23. The molecular weight excluding hydrogens is 166 g/mol. The van der Waals surface area contributed by atoms with Crippen LogP contribution in [0.3, 0.4) is 0 Å². The second-order valence-electron chi connectivity index (χ2n) is 2.78. The molecule has 0 atom stereocenters. The number of carboxylic acid groups (broad SMARTS) is 1. The van der Waals surface area contributed by atoms with Gasteiger partial charge in [-0.05, 0) is 12.0 Å². The maximum Gasteiger partial charge on any atom is 0.0426 e.